The van der Waals surface area contributed by atoms with Crippen molar-refractivity contribution in [2.75, 3.05) is 20.3 Å². The third-order valence-corrected chi connectivity index (χ3v) is 9.15. The third kappa shape index (κ3) is 5.74. The van der Waals surface area contributed by atoms with Crippen LogP contribution in [-0.4, -0.2) is 59.8 Å². The molecule has 0 unspecified atom stereocenters. The summed E-state index contributed by atoms with van der Waals surface area (Å²) in [5.41, 5.74) is 1.27. The summed E-state index contributed by atoms with van der Waals surface area (Å²) in [6.45, 7) is 10.8. The van der Waals surface area contributed by atoms with Crippen molar-refractivity contribution in [3.05, 3.63) is 34.3 Å². The number of pyridine rings is 1. The average molecular weight is 601 g/mol. The highest BCUT2D eigenvalue weighted by Gasteiger charge is 2.63. The maximum absolute atomic E-state index is 13.3. The molecule has 9 nitrogen and oxygen atoms in total. The quantitative estimate of drug-likeness (QED) is 0.300. The van der Waals surface area contributed by atoms with Crippen molar-refractivity contribution >= 4 is 45.7 Å². The Hall–Kier alpha value is -2.95. The second-order valence-electron chi connectivity index (χ2n) is 11.4. The molecule has 1 aliphatic heterocycles. The van der Waals surface area contributed by atoms with Gasteiger partial charge < -0.3 is 24.8 Å². The van der Waals surface area contributed by atoms with Crippen LogP contribution < -0.4 is 20.1 Å². The fourth-order valence-electron chi connectivity index (χ4n) is 5.50. The number of ether oxygens (including phenoxy) is 3. The highest BCUT2D eigenvalue weighted by molar-refractivity contribution is 7.13. The topological polar surface area (TPSA) is 112 Å². The van der Waals surface area contributed by atoms with Crippen molar-refractivity contribution in [1.82, 2.24) is 20.6 Å². The van der Waals surface area contributed by atoms with Crippen LogP contribution in [0.2, 0.25) is 5.02 Å². The van der Waals surface area contributed by atoms with Gasteiger partial charge in [-0.3, -0.25) is 4.79 Å². The van der Waals surface area contributed by atoms with E-state index < -0.39 is 11.6 Å². The lowest BCUT2D eigenvalue weighted by molar-refractivity contribution is -0.149. The molecule has 41 heavy (non-hydrogen) atoms. The van der Waals surface area contributed by atoms with Crippen molar-refractivity contribution in [2.24, 2.45) is 11.8 Å². The molecule has 220 valence electrons. The van der Waals surface area contributed by atoms with Crippen LogP contribution in [0.3, 0.4) is 0 Å². The number of methoxy groups -OCH3 is 1. The van der Waals surface area contributed by atoms with Crippen LogP contribution in [0, 0.1) is 11.8 Å². The number of nitrogens with one attached hydrogen (secondary N) is 2. The normalized spacial score (nSPS) is 23.7. The summed E-state index contributed by atoms with van der Waals surface area (Å²) in [6, 6.07) is 5.05. The summed E-state index contributed by atoms with van der Waals surface area (Å²) < 4.78 is 17.3. The minimum atomic E-state index is -0.948. The molecule has 1 amide bonds. The largest absolute Gasteiger partial charge is 0.495 e. The van der Waals surface area contributed by atoms with E-state index >= 15 is 0 Å². The van der Waals surface area contributed by atoms with Gasteiger partial charge in [0.2, 0.25) is 5.91 Å². The molecule has 0 bridgehead atoms. The Morgan fingerprint density at radius 2 is 2.00 bits per heavy atom. The predicted octanol–water partition coefficient (Wildman–Crippen LogP) is 5.35. The number of carbonyl (C=O) groups is 2. The molecule has 1 saturated carbocycles. The Bertz CT molecular complexity index is 1460. The van der Waals surface area contributed by atoms with E-state index in [1.54, 1.807) is 20.1 Å². The SMILES string of the molecule is CCOC(=O)[C@@]1(NC(=O)[C@@H]2C[C@@H](Oc3cc(-c4nc(C(C)C)cs4)nc4c(Cl)c(OC)ccc34)CN2)C[C@H]1C(C)C. The van der Waals surface area contributed by atoms with Crippen LogP contribution in [0.5, 0.6) is 11.5 Å². The van der Waals surface area contributed by atoms with E-state index in [1.165, 1.54) is 11.3 Å². The van der Waals surface area contributed by atoms with Gasteiger partial charge in [-0.1, -0.05) is 39.3 Å². The molecule has 3 aromatic rings. The molecule has 0 radical (unpaired) electrons. The summed E-state index contributed by atoms with van der Waals surface area (Å²) in [5.74, 6) is 1.15. The number of halogens is 1. The number of esters is 1. The molecule has 11 heteroatoms. The predicted molar refractivity (Wildman–Crippen MR) is 160 cm³/mol. The summed E-state index contributed by atoms with van der Waals surface area (Å²) in [4.78, 5) is 35.7. The van der Waals surface area contributed by atoms with E-state index in [0.717, 1.165) is 16.1 Å². The molecule has 2 aliphatic rings. The van der Waals surface area contributed by atoms with Crippen molar-refractivity contribution < 1.29 is 23.8 Å². The Morgan fingerprint density at radius 3 is 2.63 bits per heavy atom. The average Bonchev–Trinajstić information content (AvgIpc) is 3.26. The highest BCUT2D eigenvalue weighted by atomic mass is 35.5. The lowest BCUT2D eigenvalue weighted by Crippen LogP contribution is -2.52. The van der Waals surface area contributed by atoms with E-state index in [9.17, 15) is 9.59 Å². The standard InChI is InChI=1S/C30H37ClN4O5S/c1-7-39-29(37)30(12-19(30)15(2)3)35-27(36)20-10-17(13-32-20)40-24-11-21(28-34-22(14-41-28)16(4)5)33-26-18(24)8-9-23(38-6)25(26)31/h8-9,11,14-17,19-20,32H,7,10,12-13H2,1-6H3,(H,35,36)/t17-,19+,20+,30-/m1/s1. The second kappa shape index (κ2) is 11.7. The zero-order chi connectivity index (χ0) is 29.5. The number of aromatic nitrogens is 2. The van der Waals surface area contributed by atoms with Crippen molar-refractivity contribution in [3.63, 3.8) is 0 Å². The van der Waals surface area contributed by atoms with Crippen LogP contribution >= 0.6 is 22.9 Å². The zero-order valence-corrected chi connectivity index (χ0v) is 25.8. The number of amides is 1. The number of thiazole rings is 1. The van der Waals surface area contributed by atoms with E-state index in [4.69, 9.17) is 35.8 Å². The van der Waals surface area contributed by atoms with Crippen molar-refractivity contribution in [1.29, 1.82) is 0 Å². The third-order valence-electron chi connectivity index (χ3n) is 7.90. The van der Waals surface area contributed by atoms with Gasteiger partial charge in [0.05, 0.1) is 31.0 Å². The second-order valence-corrected chi connectivity index (χ2v) is 12.6. The molecule has 1 saturated heterocycles. The summed E-state index contributed by atoms with van der Waals surface area (Å²) in [5, 5.41) is 10.2. The molecule has 2 N–H and O–H groups in total. The van der Waals surface area contributed by atoms with Gasteiger partial charge in [-0.05, 0) is 43.2 Å². The van der Waals surface area contributed by atoms with Gasteiger partial charge in [-0.15, -0.1) is 11.3 Å². The van der Waals surface area contributed by atoms with Gasteiger partial charge in [-0.25, -0.2) is 14.8 Å². The van der Waals surface area contributed by atoms with Gasteiger partial charge >= 0.3 is 5.97 Å². The number of fused-ring (bicyclic) bond motifs is 1. The summed E-state index contributed by atoms with van der Waals surface area (Å²) in [6.07, 6.45) is 0.744. The molecule has 1 aromatic carbocycles. The van der Waals surface area contributed by atoms with Crippen LogP contribution in [0.25, 0.3) is 21.6 Å². The van der Waals surface area contributed by atoms with Crippen LogP contribution in [-0.2, 0) is 14.3 Å². The first-order valence-electron chi connectivity index (χ1n) is 14.1. The molecule has 4 atom stereocenters. The van der Waals surface area contributed by atoms with Gasteiger partial charge in [0.25, 0.3) is 0 Å². The smallest absolute Gasteiger partial charge is 0.332 e. The van der Waals surface area contributed by atoms with Gasteiger partial charge in [0.1, 0.15) is 38.9 Å². The van der Waals surface area contributed by atoms with Gasteiger partial charge in [0, 0.05) is 29.8 Å². The minimum absolute atomic E-state index is 0.0596. The first-order valence-corrected chi connectivity index (χ1v) is 15.4. The molecular formula is C30H37ClN4O5S. The number of rotatable bonds is 10. The fourth-order valence-corrected chi connectivity index (χ4v) is 6.73. The number of nitrogens with zero attached hydrogens (tertiary/aromatic N) is 2. The highest BCUT2D eigenvalue weighted by Crippen LogP contribution is 2.49. The summed E-state index contributed by atoms with van der Waals surface area (Å²) in [7, 11) is 1.57. The molecule has 1 aliphatic carbocycles. The molecule has 2 aromatic heterocycles. The van der Waals surface area contributed by atoms with E-state index in [0.29, 0.717) is 53.0 Å². The lowest BCUT2D eigenvalue weighted by Gasteiger charge is -2.21. The van der Waals surface area contributed by atoms with Gasteiger partial charge in [0.15, 0.2) is 0 Å². The number of benzene rings is 1. The zero-order valence-electron chi connectivity index (χ0n) is 24.2. The van der Waals surface area contributed by atoms with Crippen LogP contribution in [0.1, 0.15) is 59.1 Å². The van der Waals surface area contributed by atoms with Crippen LogP contribution in [0.4, 0.5) is 0 Å². The fraction of sp³-hybridized carbons (Fsp3) is 0.533. The number of carbonyl (C=O) groups excluding carboxylic acids is 2. The Balaban J connectivity index is 1.37. The molecular weight excluding hydrogens is 564 g/mol. The number of hydrogen-bond acceptors (Lipinski definition) is 9. The Labute approximate surface area is 249 Å². The van der Waals surface area contributed by atoms with Crippen LogP contribution in [0.15, 0.2) is 23.6 Å². The number of hydrogen-bond donors (Lipinski definition) is 2. The molecule has 0 spiro atoms. The minimum Gasteiger partial charge on any atom is -0.495 e. The van der Waals surface area contributed by atoms with Crippen molar-refractivity contribution in [3.8, 4) is 22.2 Å². The van der Waals surface area contributed by atoms with E-state index in [2.05, 4.69) is 38.3 Å². The Morgan fingerprint density at radius 1 is 1.22 bits per heavy atom. The maximum atomic E-state index is 13.3. The summed E-state index contributed by atoms with van der Waals surface area (Å²) >= 11 is 8.22. The van der Waals surface area contributed by atoms with Crippen molar-refractivity contribution in [2.45, 2.75) is 71.1 Å². The first kappa shape index (κ1) is 29.5. The molecule has 5 rings (SSSR count). The molecule has 2 fully saturated rings. The first-order chi connectivity index (χ1) is 19.6. The van der Waals surface area contributed by atoms with Gasteiger partial charge in [-0.2, -0.15) is 0 Å². The monoisotopic (exact) mass is 600 g/mol. The van der Waals surface area contributed by atoms with E-state index in [1.807, 2.05) is 17.5 Å². The molecule has 3 heterocycles. The Kier molecular flexibility index (Phi) is 8.46. The van der Waals surface area contributed by atoms with E-state index in [-0.39, 0.29) is 36.4 Å². The lowest BCUT2D eigenvalue weighted by atomic mass is 10.0. The maximum Gasteiger partial charge on any atom is 0.332 e.